The zero-order valence-electron chi connectivity index (χ0n) is 12.0. The molecule has 0 aliphatic heterocycles. The first kappa shape index (κ1) is 15.4. The lowest BCUT2D eigenvalue weighted by Crippen LogP contribution is -2.19. The summed E-state index contributed by atoms with van der Waals surface area (Å²) in [6, 6.07) is 6.76. The zero-order chi connectivity index (χ0) is 13.4. The lowest BCUT2D eigenvalue weighted by molar-refractivity contribution is 0.336. The van der Waals surface area contributed by atoms with E-state index in [0.29, 0.717) is 6.04 Å². The molecular weight excluding hydrogens is 242 g/mol. The van der Waals surface area contributed by atoms with Crippen molar-refractivity contribution in [3.63, 3.8) is 0 Å². The van der Waals surface area contributed by atoms with Crippen LogP contribution in [0.3, 0.4) is 0 Å². The van der Waals surface area contributed by atoms with Gasteiger partial charge in [0.1, 0.15) is 5.75 Å². The average molecular weight is 267 g/mol. The van der Waals surface area contributed by atoms with Crippen molar-refractivity contribution in [1.29, 1.82) is 0 Å². The highest BCUT2D eigenvalue weighted by molar-refractivity contribution is 7.99. The van der Waals surface area contributed by atoms with Crippen molar-refractivity contribution in [1.82, 2.24) is 5.32 Å². The molecule has 102 valence electrons. The first-order chi connectivity index (χ1) is 8.69. The predicted octanol–water partition coefficient (Wildman–Crippen LogP) is 3.80. The Hall–Kier alpha value is -0.670. The quantitative estimate of drug-likeness (QED) is 0.724. The van der Waals surface area contributed by atoms with Crippen LogP contribution in [0.1, 0.15) is 37.9 Å². The second-order valence-corrected chi connectivity index (χ2v) is 5.76. The lowest BCUT2D eigenvalue weighted by Gasteiger charge is -2.18. The minimum absolute atomic E-state index is 0.337. The zero-order valence-corrected chi connectivity index (χ0v) is 12.8. The van der Waals surface area contributed by atoms with Crippen molar-refractivity contribution in [2.24, 2.45) is 0 Å². The van der Waals surface area contributed by atoms with E-state index in [0.717, 1.165) is 30.4 Å². The van der Waals surface area contributed by atoms with Crippen molar-refractivity contribution in [3.8, 4) is 5.75 Å². The smallest absolute Gasteiger partial charge is 0.124 e. The Morgan fingerprint density at radius 2 is 2.11 bits per heavy atom. The SMILES string of the molecule is CCNC(C)c1cc(C)ccc1OCCSCC. The Morgan fingerprint density at radius 1 is 1.33 bits per heavy atom. The number of aryl methyl sites for hydroxylation is 1. The molecule has 1 rings (SSSR count). The number of ether oxygens (including phenoxy) is 1. The number of thioether (sulfide) groups is 1. The fraction of sp³-hybridized carbons (Fsp3) is 0.600. The van der Waals surface area contributed by atoms with Crippen LogP contribution in [0.15, 0.2) is 18.2 Å². The van der Waals surface area contributed by atoms with Gasteiger partial charge in [-0.3, -0.25) is 0 Å². The van der Waals surface area contributed by atoms with E-state index in [4.69, 9.17) is 4.74 Å². The van der Waals surface area contributed by atoms with Crippen LogP contribution in [-0.4, -0.2) is 24.7 Å². The van der Waals surface area contributed by atoms with Gasteiger partial charge < -0.3 is 10.1 Å². The van der Waals surface area contributed by atoms with Crippen molar-refractivity contribution in [2.45, 2.75) is 33.7 Å². The fourth-order valence-electron chi connectivity index (χ4n) is 1.91. The van der Waals surface area contributed by atoms with E-state index in [1.54, 1.807) is 0 Å². The maximum atomic E-state index is 5.90. The maximum Gasteiger partial charge on any atom is 0.124 e. The molecule has 18 heavy (non-hydrogen) atoms. The summed E-state index contributed by atoms with van der Waals surface area (Å²) in [5, 5.41) is 3.45. The minimum Gasteiger partial charge on any atom is -0.492 e. The summed E-state index contributed by atoms with van der Waals surface area (Å²) in [5.41, 5.74) is 2.54. The Morgan fingerprint density at radius 3 is 2.78 bits per heavy atom. The summed E-state index contributed by atoms with van der Waals surface area (Å²) in [4.78, 5) is 0. The largest absolute Gasteiger partial charge is 0.492 e. The van der Waals surface area contributed by atoms with Gasteiger partial charge in [0.15, 0.2) is 0 Å². The van der Waals surface area contributed by atoms with Gasteiger partial charge in [0, 0.05) is 17.4 Å². The number of nitrogens with one attached hydrogen (secondary N) is 1. The monoisotopic (exact) mass is 267 g/mol. The number of hydrogen-bond donors (Lipinski definition) is 1. The Kier molecular flexibility index (Phi) is 7.21. The molecule has 1 N–H and O–H groups in total. The van der Waals surface area contributed by atoms with Gasteiger partial charge in [-0.2, -0.15) is 11.8 Å². The van der Waals surface area contributed by atoms with Gasteiger partial charge >= 0.3 is 0 Å². The molecule has 1 atom stereocenters. The standard InChI is InChI=1S/C15H25NOS/c1-5-16-13(4)14-11-12(3)7-8-15(14)17-9-10-18-6-2/h7-8,11,13,16H,5-6,9-10H2,1-4H3. The van der Waals surface area contributed by atoms with Crippen LogP contribution >= 0.6 is 11.8 Å². The van der Waals surface area contributed by atoms with Crippen LogP contribution < -0.4 is 10.1 Å². The summed E-state index contributed by atoms with van der Waals surface area (Å²) in [6.45, 7) is 10.4. The summed E-state index contributed by atoms with van der Waals surface area (Å²) in [6.07, 6.45) is 0. The Balaban J connectivity index is 2.70. The third-order valence-electron chi connectivity index (χ3n) is 2.83. The summed E-state index contributed by atoms with van der Waals surface area (Å²) >= 11 is 1.91. The van der Waals surface area contributed by atoms with Gasteiger partial charge in [-0.15, -0.1) is 0 Å². The second kappa shape index (κ2) is 8.44. The van der Waals surface area contributed by atoms with E-state index >= 15 is 0 Å². The third kappa shape index (κ3) is 4.91. The normalized spacial score (nSPS) is 12.4. The van der Waals surface area contributed by atoms with E-state index in [9.17, 15) is 0 Å². The molecule has 1 aromatic carbocycles. The van der Waals surface area contributed by atoms with Crippen LogP contribution in [0.4, 0.5) is 0 Å². The first-order valence-electron chi connectivity index (χ1n) is 6.73. The Bertz CT molecular complexity index is 354. The van der Waals surface area contributed by atoms with Gasteiger partial charge in [-0.25, -0.2) is 0 Å². The number of rotatable bonds is 8. The molecule has 0 amide bonds. The highest BCUT2D eigenvalue weighted by atomic mass is 32.2. The second-order valence-electron chi connectivity index (χ2n) is 4.37. The topological polar surface area (TPSA) is 21.3 Å². The molecule has 0 radical (unpaired) electrons. The number of hydrogen-bond acceptors (Lipinski definition) is 3. The summed E-state index contributed by atoms with van der Waals surface area (Å²) < 4.78 is 5.90. The molecule has 0 spiro atoms. The van der Waals surface area contributed by atoms with Gasteiger partial charge in [0.25, 0.3) is 0 Å². The summed E-state index contributed by atoms with van der Waals surface area (Å²) in [5.74, 6) is 3.22. The predicted molar refractivity (Wildman–Crippen MR) is 81.8 cm³/mol. The van der Waals surface area contributed by atoms with Gasteiger partial charge in [0.2, 0.25) is 0 Å². The maximum absolute atomic E-state index is 5.90. The van der Waals surface area contributed by atoms with Crippen molar-refractivity contribution in [3.05, 3.63) is 29.3 Å². The van der Waals surface area contributed by atoms with E-state index in [2.05, 4.69) is 51.2 Å². The molecule has 0 aliphatic rings. The van der Waals surface area contributed by atoms with Crippen LogP contribution in [0.5, 0.6) is 5.75 Å². The van der Waals surface area contributed by atoms with E-state index in [1.807, 2.05) is 11.8 Å². The molecule has 1 aromatic rings. The van der Waals surface area contributed by atoms with Crippen LogP contribution in [-0.2, 0) is 0 Å². The van der Waals surface area contributed by atoms with Crippen molar-refractivity contribution >= 4 is 11.8 Å². The van der Waals surface area contributed by atoms with Crippen molar-refractivity contribution in [2.75, 3.05) is 24.7 Å². The van der Waals surface area contributed by atoms with Crippen molar-refractivity contribution < 1.29 is 4.74 Å². The van der Waals surface area contributed by atoms with Gasteiger partial charge in [-0.1, -0.05) is 31.5 Å². The Labute approximate surface area is 116 Å². The molecule has 0 aliphatic carbocycles. The van der Waals surface area contributed by atoms with Crippen LogP contribution in [0.2, 0.25) is 0 Å². The molecule has 0 fully saturated rings. The summed E-state index contributed by atoms with van der Waals surface area (Å²) in [7, 11) is 0. The fourth-order valence-corrected chi connectivity index (χ4v) is 2.40. The highest BCUT2D eigenvalue weighted by Gasteiger charge is 2.10. The van der Waals surface area contributed by atoms with Crippen LogP contribution in [0, 0.1) is 6.92 Å². The van der Waals surface area contributed by atoms with Crippen LogP contribution in [0.25, 0.3) is 0 Å². The molecule has 0 saturated heterocycles. The van der Waals surface area contributed by atoms with E-state index in [1.165, 1.54) is 11.1 Å². The molecule has 0 aromatic heterocycles. The number of benzene rings is 1. The van der Waals surface area contributed by atoms with E-state index < -0.39 is 0 Å². The molecule has 0 heterocycles. The molecule has 0 bridgehead atoms. The molecule has 3 heteroatoms. The minimum atomic E-state index is 0.337. The molecular formula is C15H25NOS. The first-order valence-corrected chi connectivity index (χ1v) is 7.89. The van der Waals surface area contributed by atoms with Gasteiger partial charge in [0.05, 0.1) is 6.61 Å². The molecule has 1 unspecified atom stereocenters. The third-order valence-corrected chi connectivity index (χ3v) is 3.70. The molecule has 0 saturated carbocycles. The highest BCUT2D eigenvalue weighted by Crippen LogP contribution is 2.26. The molecule has 2 nitrogen and oxygen atoms in total. The average Bonchev–Trinajstić information content (AvgIpc) is 2.36. The van der Waals surface area contributed by atoms with E-state index in [-0.39, 0.29) is 0 Å². The van der Waals surface area contributed by atoms with Gasteiger partial charge in [-0.05, 0) is 32.2 Å². The lowest BCUT2D eigenvalue weighted by atomic mass is 10.0.